The SMILES string of the molecule is O=C(O)C1C(CN2CCOCC2)c2ccccc2N1Cc1cccc2ccccc12. The number of benzene rings is 3. The van der Waals surface area contributed by atoms with Crippen LogP contribution in [0.15, 0.2) is 66.7 Å². The van der Waals surface area contributed by atoms with Crippen LogP contribution < -0.4 is 4.90 Å². The molecule has 5 heteroatoms. The van der Waals surface area contributed by atoms with Crippen LogP contribution in [-0.4, -0.2) is 54.9 Å². The Kier molecular flexibility index (Phi) is 5.15. The number of para-hydroxylation sites is 1. The predicted molar refractivity (Wildman–Crippen MR) is 118 cm³/mol. The molecule has 2 heterocycles. The Morgan fingerprint density at radius 3 is 2.53 bits per heavy atom. The van der Waals surface area contributed by atoms with Crippen molar-refractivity contribution in [3.05, 3.63) is 77.9 Å². The Labute approximate surface area is 176 Å². The van der Waals surface area contributed by atoms with Crippen molar-refractivity contribution in [2.24, 2.45) is 0 Å². The van der Waals surface area contributed by atoms with E-state index >= 15 is 0 Å². The second-order valence-corrected chi connectivity index (χ2v) is 8.13. The van der Waals surface area contributed by atoms with E-state index in [1.54, 1.807) is 0 Å². The summed E-state index contributed by atoms with van der Waals surface area (Å²) in [6, 6.07) is 22.2. The van der Waals surface area contributed by atoms with Gasteiger partial charge >= 0.3 is 5.97 Å². The smallest absolute Gasteiger partial charge is 0.327 e. The first-order chi connectivity index (χ1) is 14.7. The van der Waals surface area contributed by atoms with E-state index in [1.807, 2.05) is 24.3 Å². The lowest BCUT2D eigenvalue weighted by molar-refractivity contribution is -0.139. The summed E-state index contributed by atoms with van der Waals surface area (Å²) in [7, 11) is 0. The van der Waals surface area contributed by atoms with Gasteiger partial charge in [0, 0.05) is 37.8 Å². The monoisotopic (exact) mass is 402 g/mol. The summed E-state index contributed by atoms with van der Waals surface area (Å²) in [4.78, 5) is 16.9. The number of ether oxygens (including phenoxy) is 1. The normalized spacial score (nSPS) is 21.7. The topological polar surface area (TPSA) is 53.0 Å². The molecule has 3 aromatic carbocycles. The van der Waals surface area contributed by atoms with Crippen molar-refractivity contribution in [1.82, 2.24) is 4.90 Å². The van der Waals surface area contributed by atoms with Crippen LogP contribution in [0.5, 0.6) is 0 Å². The van der Waals surface area contributed by atoms with Crippen molar-refractivity contribution in [2.75, 3.05) is 37.7 Å². The predicted octanol–water partition coefficient (Wildman–Crippen LogP) is 3.73. The first kappa shape index (κ1) is 19.1. The Hall–Kier alpha value is -2.89. The minimum Gasteiger partial charge on any atom is -0.480 e. The van der Waals surface area contributed by atoms with Crippen LogP contribution in [0.1, 0.15) is 17.0 Å². The molecule has 2 aliphatic rings. The highest BCUT2D eigenvalue weighted by atomic mass is 16.5. The number of carboxylic acid groups (broad SMARTS) is 1. The van der Waals surface area contributed by atoms with Crippen molar-refractivity contribution in [3.8, 4) is 0 Å². The number of nitrogens with zero attached hydrogens (tertiary/aromatic N) is 2. The number of rotatable bonds is 5. The standard InChI is InChI=1S/C25H26N2O3/c28-25(29)24-22(17-26-12-14-30-15-13-26)21-10-3-4-11-23(21)27(24)16-19-8-5-7-18-6-1-2-9-20(18)19/h1-11,22,24H,12-17H2,(H,28,29). The van der Waals surface area contributed by atoms with E-state index in [0.717, 1.165) is 36.4 Å². The number of fused-ring (bicyclic) bond motifs is 2. The van der Waals surface area contributed by atoms with E-state index in [0.29, 0.717) is 19.8 Å². The fourth-order valence-corrected chi connectivity index (χ4v) is 4.96. The minimum atomic E-state index is -0.760. The van der Waals surface area contributed by atoms with E-state index in [-0.39, 0.29) is 5.92 Å². The van der Waals surface area contributed by atoms with Gasteiger partial charge in [-0.05, 0) is 28.0 Å². The summed E-state index contributed by atoms with van der Waals surface area (Å²) in [5, 5.41) is 12.6. The molecule has 0 saturated carbocycles. The van der Waals surface area contributed by atoms with Gasteiger partial charge in [0.2, 0.25) is 0 Å². The molecule has 5 rings (SSSR count). The quantitative estimate of drug-likeness (QED) is 0.705. The van der Waals surface area contributed by atoms with Gasteiger partial charge in [-0.15, -0.1) is 0 Å². The molecule has 2 aliphatic heterocycles. The Balaban J connectivity index is 1.52. The van der Waals surface area contributed by atoms with Crippen LogP contribution in [0, 0.1) is 0 Å². The number of carbonyl (C=O) groups is 1. The van der Waals surface area contributed by atoms with Gasteiger partial charge in [-0.3, -0.25) is 4.90 Å². The zero-order chi connectivity index (χ0) is 20.5. The number of aliphatic carboxylic acids is 1. The summed E-state index contributed by atoms with van der Waals surface area (Å²) in [6.07, 6.45) is 0. The highest BCUT2D eigenvalue weighted by Gasteiger charge is 2.43. The second-order valence-electron chi connectivity index (χ2n) is 8.13. The number of carboxylic acids is 1. The molecule has 1 saturated heterocycles. The lowest BCUT2D eigenvalue weighted by Gasteiger charge is -2.32. The third kappa shape index (κ3) is 3.44. The highest BCUT2D eigenvalue weighted by molar-refractivity contribution is 5.88. The average molecular weight is 402 g/mol. The zero-order valence-corrected chi connectivity index (χ0v) is 16.9. The molecule has 2 atom stereocenters. The average Bonchev–Trinajstić information content (AvgIpc) is 3.08. The number of morpholine rings is 1. The minimum absolute atomic E-state index is 0.0632. The van der Waals surface area contributed by atoms with Crippen LogP contribution in [0.3, 0.4) is 0 Å². The summed E-state index contributed by atoms with van der Waals surface area (Å²) < 4.78 is 5.48. The molecule has 5 nitrogen and oxygen atoms in total. The zero-order valence-electron chi connectivity index (χ0n) is 16.9. The van der Waals surface area contributed by atoms with Crippen molar-refractivity contribution in [2.45, 2.75) is 18.5 Å². The third-order valence-electron chi connectivity index (χ3n) is 6.39. The first-order valence-corrected chi connectivity index (χ1v) is 10.6. The molecule has 0 spiro atoms. The number of anilines is 1. The van der Waals surface area contributed by atoms with Crippen molar-refractivity contribution >= 4 is 22.4 Å². The fraction of sp³-hybridized carbons (Fsp3) is 0.320. The van der Waals surface area contributed by atoms with E-state index in [1.165, 1.54) is 10.8 Å². The molecule has 1 fully saturated rings. The van der Waals surface area contributed by atoms with E-state index in [4.69, 9.17) is 4.74 Å². The maximum atomic E-state index is 12.5. The molecular weight excluding hydrogens is 376 g/mol. The molecule has 0 amide bonds. The number of hydrogen-bond acceptors (Lipinski definition) is 4. The Morgan fingerprint density at radius 2 is 1.70 bits per heavy atom. The second kappa shape index (κ2) is 8.09. The lowest BCUT2D eigenvalue weighted by Crippen LogP contribution is -2.46. The van der Waals surface area contributed by atoms with Gasteiger partial charge in [0.05, 0.1) is 13.2 Å². The van der Waals surface area contributed by atoms with Gasteiger partial charge in [-0.25, -0.2) is 4.79 Å². The summed E-state index contributed by atoms with van der Waals surface area (Å²) >= 11 is 0. The number of hydrogen-bond donors (Lipinski definition) is 1. The van der Waals surface area contributed by atoms with Gasteiger partial charge in [0.25, 0.3) is 0 Å². The van der Waals surface area contributed by atoms with Gasteiger partial charge in [0.15, 0.2) is 0 Å². The van der Waals surface area contributed by atoms with Gasteiger partial charge in [-0.1, -0.05) is 60.7 Å². The third-order valence-corrected chi connectivity index (χ3v) is 6.39. The van der Waals surface area contributed by atoms with E-state index in [2.05, 4.69) is 52.3 Å². The molecule has 30 heavy (non-hydrogen) atoms. The highest BCUT2D eigenvalue weighted by Crippen LogP contribution is 2.43. The van der Waals surface area contributed by atoms with Crippen LogP contribution in [0.4, 0.5) is 5.69 Å². The summed E-state index contributed by atoms with van der Waals surface area (Å²) in [6.45, 7) is 4.46. The molecule has 154 valence electrons. The molecular formula is C25H26N2O3. The molecule has 3 aromatic rings. The molecule has 1 N–H and O–H groups in total. The van der Waals surface area contributed by atoms with Crippen molar-refractivity contribution < 1.29 is 14.6 Å². The summed E-state index contributed by atoms with van der Waals surface area (Å²) in [5.41, 5.74) is 3.33. The van der Waals surface area contributed by atoms with Crippen LogP contribution in [0.25, 0.3) is 10.8 Å². The maximum absolute atomic E-state index is 12.5. The summed E-state index contributed by atoms with van der Waals surface area (Å²) in [5.74, 6) is -0.823. The van der Waals surface area contributed by atoms with E-state index < -0.39 is 12.0 Å². The van der Waals surface area contributed by atoms with Crippen LogP contribution >= 0.6 is 0 Å². The maximum Gasteiger partial charge on any atom is 0.327 e. The van der Waals surface area contributed by atoms with Gasteiger partial charge < -0.3 is 14.7 Å². The Bertz CT molecular complexity index is 1060. The molecule has 0 aliphatic carbocycles. The fourth-order valence-electron chi connectivity index (χ4n) is 4.96. The first-order valence-electron chi connectivity index (χ1n) is 10.6. The molecule has 0 radical (unpaired) electrons. The molecule has 0 aromatic heterocycles. The van der Waals surface area contributed by atoms with Gasteiger partial charge in [0.1, 0.15) is 6.04 Å². The largest absolute Gasteiger partial charge is 0.480 e. The molecule has 2 unspecified atom stereocenters. The molecule has 0 bridgehead atoms. The Morgan fingerprint density at radius 1 is 0.967 bits per heavy atom. The van der Waals surface area contributed by atoms with E-state index in [9.17, 15) is 9.90 Å². The van der Waals surface area contributed by atoms with Crippen LogP contribution in [-0.2, 0) is 16.1 Å². The van der Waals surface area contributed by atoms with Crippen molar-refractivity contribution in [3.63, 3.8) is 0 Å². The van der Waals surface area contributed by atoms with Gasteiger partial charge in [-0.2, -0.15) is 0 Å². The van der Waals surface area contributed by atoms with Crippen molar-refractivity contribution in [1.29, 1.82) is 0 Å². The lowest BCUT2D eigenvalue weighted by atomic mass is 9.94. The van der Waals surface area contributed by atoms with Crippen LogP contribution in [0.2, 0.25) is 0 Å².